The van der Waals surface area contributed by atoms with Gasteiger partial charge in [-0.1, -0.05) is 6.07 Å². The number of carbonyl (C=O) groups excluding carboxylic acids is 1. The van der Waals surface area contributed by atoms with Crippen LogP contribution in [0.2, 0.25) is 0 Å². The number of hydrogen-bond acceptors (Lipinski definition) is 6. The Balaban J connectivity index is 1.12. The summed E-state index contributed by atoms with van der Waals surface area (Å²) in [5.74, 6) is 3.28. The number of piperidine rings is 1. The van der Waals surface area contributed by atoms with E-state index in [1.807, 2.05) is 13.0 Å². The molecule has 3 N–H and O–H groups in total. The Labute approximate surface area is 186 Å². The molecule has 3 aliphatic rings. The molecule has 1 aliphatic heterocycles. The minimum absolute atomic E-state index is 0.0400. The quantitative estimate of drug-likeness (QED) is 0.646. The molecule has 0 radical (unpaired) electrons. The van der Waals surface area contributed by atoms with Gasteiger partial charge in [-0.25, -0.2) is 9.97 Å². The standard InChI is InChI=1S/C24H27N7O/c1-14-15(2-5-22(28-14)30-10-16-8-17(16)11-30)12-31-13-18(9-27-31)24(32)29-21-4-3-20-19(21)6-7-26-23(20)25/h2,5-7,9,13,16-17,21H,3-4,8,10-12H2,1H3,(H2,25,26)(H,29,32)/t16?,17?,21-/m1/s1. The zero-order chi connectivity index (χ0) is 21.8. The molecule has 1 saturated carbocycles. The van der Waals surface area contributed by atoms with Gasteiger partial charge in [0.1, 0.15) is 11.6 Å². The highest BCUT2D eigenvalue weighted by Gasteiger charge is 2.45. The van der Waals surface area contributed by atoms with Crippen molar-refractivity contribution in [2.24, 2.45) is 11.8 Å². The molecule has 1 saturated heterocycles. The Hall–Kier alpha value is -3.42. The lowest BCUT2D eigenvalue weighted by Crippen LogP contribution is -2.26. The Morgan fingerprint density at radius 2 is 2.09 bits per heavy atom. The maximum Gasteiger partial charge on any atom is 0.254 e. The number of nitrogens with zero attached hydrogens (tertiary/aromatic N) is 5. The molecule has 0 aromatic carbocycles. The van der Waals surface area contributed by atoms with Gasteiger partial charge >= 0.3 is 0 Å². The number of nitrogen functional groups attached to an aromatic ring is 1. The van der Waals surface area contributed by atoms with E-state index in [-0.39, 0.29) is 11.9 Å². The van der Waals surface area contributed by atoms with Crippen molar-refractivity contribution in [3.05, 3.63) is 64.7 Å². The molecule has 3 atom stereocenters. The first-order valence-corrected chi connectivity index (χ1v) is 11.3. The molecule has 2 aliphatic carbocycles. The van der Waals surface area contributed by atoms with Crippen molar-refractivity contribution in [3.8, 4) is 0 Å². The number of anilines is 2. The van der Waals surface area contributed by atoms with Crippen LogP contribution in [0.15, 0.2) is 36.8 Å². The number of pyridine rings is 2. The Kier molecular flexibility index (Phi) is 4.41. The average molecular weight is 430 g/mol. The molecule has 0 bridgehead atoms. The third-order valence-corrected chi connectivity index (χ3v) is 7.20. The number of aryl methyl sites for hydroxylation is 1. The normalized spacial score (nSPS) is 23.2. The van der Waals surface area contributed by atoms with Gasteiger partial charge in [0.15, 0.2) is 0 Å². The molecule has 8 heteroatoms. The van der Waals surface area contributed by atoms with Crippen molar-refractivity contribution in [2.75, 3.05) is 23.7 Å². The van der Waals surface area contributed by atoms with E-state index in [9.17, 15) is 4.79 Å². The van der Waals surface area contributed by atoms with Gasteiger partial charge in [0, 0.05) is 31.2 Å². The van der Waals surface area contributed by atoms with Crippen LogP contribution in [0.4, 0.5) is 11.6 Å². The van der Waals surface area contributed by atoms with Crippen LogP contribution in [-0.4, -0.2) is 38.7 Å². The number of hydrogen-bond donors (Lipinski definition) is 2. The fourth-order valence-electron chi connectivity index (χ4n) is 5.21. The summed E-state index contributed by atoms with van der Waals surface area (Å²) in [5.41, 5.74) is 10.8. The van der Waals surface area contributed by atoms with Gasteiger partial charge in [-0.3, -0.25) is 9.48 Å². The molecule has 2 unspecified atom stereocenters. The molecular formula is C24H27N7O. The second kappa shape index (κ2) is 7.32. The van der Waals surface area contributed by atoms with Crippen LogP contribution in [0, 0.1) is 18.8 Å². The first kappa shape index (κ1) is 19.3. The number of amides is 1. The summed E-state index contributed by atoms with van der Waals surface area (Å²) in [6.45, 7) is 4.92. The van der Waals surface area contributed by atoms with E-state index >= 15 is 0 Å². The molecule has 4 heterocycles. The van der Waals surface area contributed by atoms with E-state index in [1.165, 1.54) is 6.42 Å². The molecule has 3 aromatic heterocycles. The second-order valence-electron chi connectivity index (χ2n) is 9.33. The monoisotopic (exact) mass is 429 g/mol. The SMILES string of the molecule is Cc1nc(N2CC3CC3C2)ccc1Cn1cc(C(=O)N[C@@H]2CCc3c2ccnc3N)cn1. The van der Waals surface area contributed by atoms with Crippen LogP contribution in [-0.2, 0) is 13.0 Å². The van der Waals surface area contributed by atoms with Crippen molar-refractivity contribution >= 4 is 17.5 Å². The van der Waals surface area contributed by atoms with Crippen LogP contribution in [0.5, 0.6) is 0 Å². The number of carbonyl (C=O) groups is 1. The summed E-state index contributed by atoms with van der Waals surface area (Å²) in [7, 11) is 0. The van der Waals surface area contributed by atoms with Crippen molar-refractivity contribution in [1.29, 1.82) is 0 Å². The first-order chi connectivity index (χ1) is 15.5. The van der Waals surface area contributed by atoms with Crippen LogP contribution in [0.25, 0.3) is 0 Å². The molecule has 3 aromatic rings. The topological polar surface area (TPSA) is 102 Å². The summed E-state index contributed by atoms with van der Waals surface area (Å²) in [5, 5.41) is 7.53. The molecule has 1 amide bonds. The van der Waals surface area contributed by atoms with E-state index in [1.54, 1.807) is 23.3 Å². The molecule has 8 nitrogen and oxygen atoms in total. The third kappa shape index (κ3) is 3.39. The Morgan fingerprint density at radius 3 is 2.91 bits per heavy atom. The highest BCUT2D eigenvalue weighted by atomic mass is 16.1. The Bertz CT molecular complexity index is 1190. The summed E-state index contributed by atoms with van der Waals surface area (Å²) < 4.78 is 1.80. The van der Waals surface area contributed by atoms with Crippen LogP contribution in [0.3, 0.4) is 0 Å². The summed E-state index contributed by atoms with van der Waals surface area (Å²) in [6.07, 6.45) is 8.18. The highest BCUT2D eigenvalue weighted by molar-refractivity contribution is 5.94. The van der Waals surface area contributed by atoms with Gasteiger partial charge in [-0.15, -0.1) is 0 Å². The molecule has 2 fully saturated rings. The van der Waals surface area contributed by atoms with E-state index in [2.05, 4.69) is 32.4 Å². The van der Waals surface area contributed by atoms with Crippen LogP contribution < -0.4 is 16.0 Å². The van der Waals surface area contributed by atoms with Gasteiger partial charge in [-0.05, 0) is 66.8 Å². The van der Waals surface area contributed by atoms with E-state index in [0.29, 0.717) is 17.9 Å². The fraction of sp³-hybridized carbons (Fsp3) is 0.417. The van der Waals surface area contributed by atoms with Gasteiger partial charge in [0.2, 0.25) is 0 Å². The Morgan fingerprint density at radius 1 is 1.25 bits per heavy atom. The summed E-state index contributed by atoms with van der Waals surface area (Å²) >= 11 is 0. The highest BCUT2D eigenvalue weighted by Crippen LogP contribution is 2.46. The predicted molar refractivity (Wildman–Crippen MR) is 121 cm³/mol. The molecular weight excluding hydrogens is 402 g/mol. The van der Waals surface area contributed by atoms with Crippen molar-refractivity contribution < 1.29 is 4.79 Å². The van der Waals surface area contributed by atoms with Crippen LogP contribution in [0.1, 0.15) is 51.6 Å². The largest absolute Gasteiger partial charge is 0.383 e. The van der Waals surface area contributed by atoms with E-state index in [4.69, 9.17) is 10.7 Å². The zero-order valence-electron chi connectivity index (χ0n) is 18.2. The van der Waals surface area contributed by atoms with E-state index < -0.39 is 0 Å². The summed E-state index contributed by atoms with van der Waals surface area (Å²) in [6, 6.07) is 6.15. The third-order valence-electron chi connectivity index (χ3n) is 7.20. The minimum atomic E-state index is -0.123. The first-order valence-electron chi connectivity index (χ1n) is 11.3. The molecule has 32 heavy (non-hydrogen) atoms. The number of nitrogens with one attached hydrogen (secondary N) is 1. The van der Waals surface area contributed by atoms with Gasteiger partial charge < -0.3 is 16.0 Å². The number of nitrogens with two attached hydrogens (primary N) is 1. The molecule has 6 rings (SSSR count). The molecule has 0 spiro atoms. The number of fused-ring (bicyclic) bond motifs is 2. The van der Waals surface area contributed by atoms with Gasteiger partial charge in [0.25, 0.3) is 5.91 Å². The zero-order valence-corrected chi connectivity index (χ0v) is 18.2. The van der Waals surface area contributed by atoms with Gasteiger partial charge in [0.05, 0.1) is 24.3 Å². The van der Waals surface area contributed by atoms with Crippen molar-refractivity contribution in [3.63, 3.8) is 0 Å². The smallest absolute Gasteiger partial charge is 0.254 e. The van der Waals surface area contributed by atoms with E-state index in [0.717, 1.165) is 66.0 Å². The minimum Gasteiger partial charge on any atom is -0.383 e. The molecule has 164 valence electrons. The lowest BCUT2D eigenvalue weighted by atomic mass is 10.1. The lowest BCUT2D eigenvalue weighted by Gasteiger charge is -2.20. The van der Waals surface area contributed by atoms with Crippen molar-refractivity contribution in [2.45, 2.75) is 38.8 Å². The predicted octanol–water partition coefficient (Wildman–Crippen LogP) is 2.49. The fourth-order valence-corrected chi connectivity index (χ4v) is 5.21. The average Bonchev–Trinajstić information content (AvgIpc) is 3.17. The number of rotatable bonds is 5. The maximum absolute atomic E-state index is 12.8. The van der Waals surface area contributed by atoms with Crippen molar-refractivity contribution in [1.82, 2.24) is 25.1 Å². The van der Waals surface area contributed by atoms with Crippen LogP contribution >= 0.6 is 0 Å². The van der Waals surface area contributed by atoms with Gasteiger partial charge in [-0.2, -0.15) is 5.10 Å². The maximum atomic E-state index is 12.8. The second-order valence-corrected chi connectivity index (χ2v) is 9.33. The number of aromatic nitrogens is 4. The summed E-state index contributed by atoms with van der Waals surface area (Å²) in [4.78, 5) is 24.2. The lowest BCUT2D eigenvalue weighted by molar-refractivity contribution is 0.0936.